The van der Waals surface area contributed by atoms with Crippen molar-refractivity contribution in [1.29, 1.82) is 0 Å². The summed E-state index contributed by atoms with van der Waals surface area (Å²) in [5.74, 6) is -6.67. The summed E-state index contributed by atoms with van der Waals surface area (Å²) in [5.41, 5.74) is -6.85. The van der Waals surface area contributed by atoms with Gasteiger partial charge in [0.25, 0.3) is 5.79 Å². The van der Waals surface area contributed by atoms with Crippen molar-refractivity contribution < 1.29 is 38.5 Å². The van der Waals surface area contributed by atoms with Gasteiger partial charge in [-0.3, -0.25) is 19.2 Å². The van der Waals surface area contributed by atoms with Crippen LogP contribution in [0.4, 0.5) is 0 Å². The molecule has 3 fully saturated rings. The van der Waals surface area contributed by atoms with E-state index in [9.17, 15) is 24.3 Å². The van der Waals surface area contributed by atoms with E-state index in [-0.39, 0.29) is 23.7 Å². The van der Waals surface area contributed by atoms with E-state index in [1.54, 1.807) is 33.8 Å². The van der Waals surface area contributed by atoms with Gasteiger partial charge in [-0.05, 0) is 32.3 Å². The predicted octanol–water partition coefficient (Wildman–Crippen LogP) is 2.61. The Hall–Kier alpha value is -2.74. The molecule has 2 aliphatic heterocycles. The average molecular weight is 471 g/mol. The third-order valence-corrected chi connectivity index (χ3v) is 10.1. The monoisotopic (exact) mass is 470 g/mol. The fourth-order valence-corrected chi connectivity index (χ4v) is 8.35. The maximum atomic E-state index is 14.3. The molecule has 5 rings (SSSR count). The van der Waals surface area contributed by atoms with Crippen LogP contribution in [-0.4, -0.2) is 41.5 Å². The lowest BCUT2D eigenvalue weighted by atomic mass is 9.31. The van der Waals surface area contributed by atoms with Crippen LogP contribution < -0.4 is 0 Å². The number of Topliss-reactive ketones (excluding diaryl/α,β-unsaturated/α-hetero) is 1. The Morgan fingerprint density at radius 2 is 1.79 bits per heavy atom. The minimum atomic E-state index is -2.53. The van der Waals surface area contributed by atoms with Crippen LogP contribution in [0.3, 0.4) is 0 Å². The number of rotatable bonds is 1. The van der Waals surface area contributed by atoms with Crippen molar-refractivity contribution in [1.82, 2.24) is 0 Å². The molecular weight excluding hydrogens is 440 g/mol. The van der Waals surface area contributed by atoms with Crippen molar-refractivity contribution in [3.63, 3.8) is 0 Å². The molecule has 1 saturated heterocycles. The van der Waals surface area contributed by atoms with E-state index in [4.69, 9.17) is 14.2 Å². The van der Waals surface area contributed by atoms with E-state index < -0.39 is 62.4 Å². The standard InChI is InChI=1S/C26H30O8/c1-12-11-14-22(5)10-9-15(27)21(3,4)16(22)17(28)26(31)24(14,7)25(20(30)32-8)18(13(2)34-26)33-19(29)23(12,25)6/h9-10,14,16,31H,1,11H2,2-8H3. The molecule has 0 radical (unpaired) electrons. The molecule has 0 aromatic rings. The number of fused-ring (bicyclic) bond motifs is 2. The zero-order chi connectivity index (χ0) is 25.4. The molecule has 0 amide bonds. The molecule has 5 aliphatic rings. The van der Waals surface area contributed by atoms with Crippen LogP contribution >= 0.6 is 0 Å². The first-order valence-corrected chi connectivity index (χ1v) is 11.4. The van der Waals surface area contributed by atoms with Gasteiger partial charge in [0, 0.05) is 16.7 Å². The lowest BCUT2D eigenvalue weighted by Crippen LogP contribution is -2.81. The highest BCUT2D eigenvalue weighted by molar-refractivity contribution is 6.06. The molecule has 7 unspecified atom stereocenters. The first kappa shape index (κ1) is 23.0. The highest BCUT2D eigenvalue weighted by Gasteiger charge is 2.91. The molecular formula is C26H30O8. The van der Waals surface area contributed by atoms with Crippen molar-refractivity contribution in [2.24, 2.45) is 38.9 Å². The van der Waals surface area contributed by atoms with Crippen LogP contribution in [0.5, 0.6) is 0 Å². The maximum Gasteiger partial charge on any atom is 0.322 e. The Bertz CT molecular complexity index is 1190. The van der Waals surface area contributed by atoms with E-state index >= 15 is 0 Å². The van der Waals surface area contributed by atoms with Gasteiger partial charge in [-0.25, -0.2) is 0 Å². The van der Waals surface area contributed by atoms with Gasteiger partial charge in [-0.1, -0.05) is 45.9 Å². The van der Waals surface area contributed by atoms with Crippen molar-refractivity contribution in [2.75, 3.05) is 7.11 Å². The first-order chi connectivity index (χ1) is 15.5. The minimum Gasteiger partial charge on any atom is -0.468 e. The molecule has 2 saturated carbocycles. The van der Waals surface area contributed by atoms with Crippen molar-refractivity contribution >= 4 is 23.5 Å². The highest BCUT2D eigenvalue weighted by Crippen LogP contribution is 2.81. The topological polar surface area (TPSA) is 116 Å². The first-order valence-electron chi connectivity index (χ1n) is 11.4. The molecule has 0 aromatic carbocycles. The lowest BCUT2D eigenvalue weighted by molar-refractivity contribution is -0.333. The molecule has 182 valence electrons. The third kappa shape index (κ3) is 1.82. The number of carbonyl (C=O) groups excluding carboxylic acids is 4. The number of hydrogen-bond donors (Lipinski definition) is 1. The lowest BCUT2D eigenvalue weighted by Gasteiger charge is -2.71. The summed E-state index contributed by atoms with van der Waals surface area (Å²) in [7, 11) is 1.20. The summed E-state index contributed by atoms with van der Waals surface area (Å²) in [5, 5.41) is 12.3. The molecule has 0 bridgehead atoms. The van der Waals surface area contributed by atoms with Gasteiger partial charge in [-0.2, -0.15) is 0 Å². The van der Waals surface area contributed by atoms with Gasteiger partial charge >= 0.3 is 11.9 Å². The van der Waals surface area contributed by atoms with Crippen molar-refractivity contribution in [2.45, 2.75) is 53.8 Å². The van der Waals surface area contributed by atoms with E-state index in [0.717, 1.165) is 0 Å². The smallest absolute Gasteiger partial charge is 0.322 e. The zero-order valence-corrected chi connectivity index (χ0v) is 20.5. The molecule has 0 aromatic heterocycles. The summed E-state index contributed by atoms with van der Waals surface area (Å²) < 4.78 is 16.9. The fourth-order valence-electron chi connectivity index (χ4n) is 8.35. The second-order valence-corrected chi connectivity index (χ2v) is 11.5. The van der Waals surface area contributed by atoms with Gasteiger partial charge < -0.3 is 19.3 Å². The van der Waals surface area contributed by atoms with Gasteiger partial charge in [0.05, 0.1) is 12.5 Å². The normalized spacial score (nSPS) is 48.1. The number of aliphatic hydroxyl groups is 1. The SMILES string of the molecule is C=C1CC2C3(C)C=CC(=O)C(C)(C)C3C(=O)C3(O)OC(C)=C4OC(=O)C1(C)C4(C(=O)OC)C23C. The maximum absolute atomic E-state index is 14.3. The van der Waals surface area contributed by atoms with Crippen LogP contribution in [0, 0.1) is 38.9 Å². The summed E-state index contributed by atoms with van der Waals surface area (Å²) >= 11 is 0. The number of ether oxygens (including phenoxy) is 3. The Morgan fingerprint density at radius 1 is 1.18 bits per heavy atom. The van der Waals surface area contributed by atoms with E-state index in [2.05, 4.69) is 6.58 Å². The zero-order valence-electron chi connectivity index (χ0n) is 20.5. The predicted molar refractivity (Wildman–Crippen MR) is 117 cm³/mol. The molecule has 8 nitrogen and oxygen atoms in total. The van der Waals surface area contributed by atoms with Gasteiger partial charge in [0.2, 0.25) is 5.78 Å². The molecule has 8 heteroatoms. The number of allylic oxidation sites excluding steroid dienone is 3. The van der Waals surface area contributed by atoms with E-state index in [1.165, 1.54) is 20.1 Å². The van der Waals surface area contributed by atoms with Crippen molar-refractivity contribution in [3.8, 4) is 0 Å². The third-order valence-electron chi connectivity index (χ3n) is 10.1. The molecule has 0 spiro atoms. The largest absolute Gasteiger partial charge is 0.468 e. The summed E-state index contributed by atoms with van der Waals surface area (Å²) in [6, 6.07) is 0. The Kier molecular flexibility index (Phi) is 4.00. The summed E-state index contributed by atoms with van der Waals surface area (Å²) in [4.78, 5) is 54.5. The van der Waals surface area contributed by atoms with Crippen LogP contribution in [0.2, 0.25) is 0 Å². The average Bonchev–Trinajstić information content (AvgIpc) is 3.01. The Labute approximate surface area is 198 Å². The summed E-state index contributed by atoms with van der Waals surface area (Å²) in [6.45, 7) is 14.0. The van der Waals surface area contributed by atoms with Gasteiger partial charge in [-0.15, -0.1) is 0 Å². The number of carbonyl (C=O) groups is 4. The second-order valence-electron chi connectivity index (χ2n) is 11.5. The molecule has 2 heterocycles. The number of ketones is 2. The van der Waals surface area contributed by atoms with Crippen LogP contribution in [0.1, 0.15) is 48.0 Å². The molecule has 3 aliphatic carbocycles. The second kappa shape index (κ2) is 5.90. The van der Waals surface area contributed by atoms with E-state index in [0.29, 0.717) is 5.57 Å². The van der Waals surface area contributed by atoms with E-state index in [1.807, 2.05) is 6.92 Å². The summed E-state index contributed by atoms with van der Waals surface area (Å²) in [6.07, 6.45) is 3.39. The Balaban J connectivity index is 1.97. The quantitative estimate of drug-likeness (QED) is 0.459. The molecule has 1 N–H and O–H groups in total. The van der Waals surface area contributed by atoms with Crippen LogP contribution in [-0.2, 0) is 33.4 Å². The molecule has 34 heavy (non-hydrogen) atoms. The number of hydrogen-bond acceptors (Lipinski definition) is 8. The van der Waals surface area contributed by atoms with Crippen LogP contribution in [0.25, 0.3) is 0 Å². The number of esters is 2. The minimum absolute atomic E-state index is 0.0525. The number of methoxy groups -OCH3 is 1. The van der Waals surface area contributed by atoms with Crippen molar-refractivity contribution in [3.05, 3.63) is 35.8 Å². The van der Waals surface area contributed by atoms with Gasteiger partial charge in [0.1, 0.15) is 11.2 Å². The van der Waals surface area contributed by atoms with Gasteiger partial charge in [0.15, 0.2) is 17.0 Å². The fraction of sp³-hybridized carbons (Fsp3) is 0.615. The highest BCUT2D eigenvalue weighted by atomic mass is 16.7. The molecule has 7 atom stereocenters. The van der Waals surface area contributed by atoms with Crippen LogP contribution in [0.15, 0.2) is 35.8 Å². The Morgan fingerprint density at radius 3 is 2.38 bits per heavy atom.